The summed E-state index contributed by atoms with van der Waals surface area (Å²) in [7, 11) is 5.05. The molecule has 0 spiro atoms. The zero-order chi connectivity index (χ0) is 17.0. The molecule has 0 saturated carbocycles. The third-order valence-electron chi connectivity index (χ3n) is 3.71. The highest BCUT2D eigenvalue weighted by Crippen LogP contribution is 2.21. The van der Waals surface area contributed by atoms with Gasteiger partial charge in [-0.05, 0) is 44.2 Å². The number of furan rings is 1. The Kier molecular flexibility index (Phi) is 5.45. The molecule has 0 amide bonds. The molecule has 5 heteroatoms. The summed E-state index contributed by atoms with van der Waals surface area (Å²) >= 11 is 0. The molecule has 0 atom stereocenters. The Morgan fingerprint density at radius 2 is 1.91 bits per heavy atom. The SMILES string of the molecule is COC(=O)c1cc(CN(C)Cc2ccc(OC)c(C)c2)oc1C. The Hall–Kier alpha value is -2.27. The number of carbonyl (C=O) groups is 1. The predicted octanol–water partition coefficient (Wildman–Crippen LogP) is 3.32. The smallest absolute Gasteiger partial charge is 0.341 e. The zero-order valence-electron chi connectivity index (χ0n) is 14.3. The molecule has 0 saturated heterocycles. The van der Waals surface area contributed by atoms with Crippen molar-refractivity contribution in [3.05, 3.63) is 52.5 Å². The normalized spacial score (nSPS) is 10.9. The van der Waals surface area contributed by atoms with Gasteiger partial charge in [-0.15, -0.1) is 0 Å². The van der Waals surface area contributed by atoms with Gasteiger partial charge in [0.15, 0.2) is 0 Å². The summed E-state index contributed by atoms with van der Waals surface area (Å²) < 4.78 is 15.7. The van der Waals surface area contributed by atoms with Gasteiger partial charge in [-0.3, -0.25) is 4.90 Å². The molecule has 0 unspecified atom stereocenters. The molecule has 0 bridgehead atoms. The Morgan fingerprint density at radius 1 is 1.17 bits per heavy atom. The van der Waals surface area contributed by atoms with Gasteiger partial charge in [0.1, 0.15) is 22.8 Å². The van der Waals surface area contributed by atoms with Gasteiger partial charge in [-0.2, -0.15) is 0 Å². The Labute approximate surface area is 136 Å². The molecule has 23 heavy (non-hydrogen) atoms. The first-order chi connectivity index (χ1) is 10.9. The van der Waals surface area contributed by atoms with Crippen LogP contribution in [-0.2, 0) is 17.8 Å². The van der Waals surface area contributed by atoms with Crippen LogP contribution in [0.15, 0.2) is 28.7 Å². The second-order valence-corrected chi connectivity index (χ2v) is 5.65. The van der Waals surface area contributed by atoms with E-state index in [1.54, 1.807) is 20.1 Å². The molecule has 0 aliphatic rings. The van der Waals surface area contributed by atoms with Crippen molar-refractivity contribution in [2.75, 3.05) is 21.3 Å². The summed E-state index contributed by atoms with van der Waals surface area (Å²) in [5, 5.41) is 0. The van der Waals surface area contributed by atoms with Gasteiger partial charge in [0, 0.05) is 6.54 Å². The van der Waals surface area contributed by atoms with E-state index in [1.165, 1.54) is 12.7 Å². The van der Waals surface area contributed by atoms with Crippen LogP contribution in [-0.4, -0.2) is 32.1 Å². The van der Waals surface area contributed by atoms with Crippen molar-refractivity contribution in [3.63, 3.8) is 0 Å². The second-order valence-electron chi connectivity index (χ2n) is 5.65. The van der Waals surface area contributed by atoms with Gasteiger partial charge in [0.25, 0.3) is 0 Å². The average Bonchev–Trinajstić information content (AvgIpc) is 2.87. The number of carbonyl (C=O) groups excluding carboxylic acids is 1. The molecule has 2 aromatic rings. The van der Waals surface area contributed by atoms with Crippen LogP contribution in [0.3, 0.4) is 0 Å². The number of ether oxygens (including phenoxy) is 2. The molecule has 1 aromatic carbocycles. The van der Waals surface area contributed by atoms with E-state index in [9.17, 15) is 4.79 Å². The van der Waals surface area contributed by atoms with Crippen molar-refractivity contribution in [1.82, 2.24) is 4.90 Å². The number of aryl methyl sites for hydroxylation is 2. The fourth-order valence-electron chi connectivity index (χ4n) is 2.61. The van der Waals surface area contributed by atoms with Crippen molar-refractivity contribution in [2.24, 2.45) is 0 Å². The first-order valence-corrected chi connectivity index (χ1v) is 7.44. The molecular formula is C18H23NO4. The standard InChI is InChI=1S/C18H23NO4/c1-12-8-14(6-7-17(12)21-4)10-19(3)11-15-9-16(13(2)23-15)18(20)22-5/h6-9H,10-11H2,1-5H3. The lowest BCUT2D eigenvalue weighted by molar-refractivity contribution is 0.0599. The van der Waals surface area contributed by atoms with Gasteiger partial charge in [0.2, 0.25) is 0 Å². The molecule has 2 rings (SSSR count). The van der Waals surface area contributed by atoms with E-state index in [-0.39, 0.29) is 5.97 Å². The van der Waals surface area contributed by atoms with Gasteiger partial charge in [0.05, 0.1) is 20.8 Å². The molecule has 0 aliphatic heterocycles. The number of rotatable bonds is 6. The Morgan fingerprint density at radius 3 is 2.52 bits per heavy atom. The fourth-order valence-corrected chi connectivity index (χ4v) is 2.61. The van der Waals surface area contributed by atoms with Crippen molar-refractivity contribution in [1.29, 1.82) is 0 Å². The highest BCUT2D eigenvalue weighted by atomic mass is 16.5. The number of benzene rings is 1. The van der Waals surface area contributed by atoms with Crippen LogP contribution in [0.5, 0.6) is 5.75 Å². The summed E-state index contributed by atoms with van der Waals surface area (Å²) in [5.41, 5.74) is 2.79. The van der Waals surface area contributed by atoms with Gasteiger partial charge in [-0.25, -0.2) is 4.79 Å². The number of hydrogen-bond donors (Lipinski definition) is 0. The van der Waals surface area contributed by atoms with Crippen molar-refractivity contribution in [3.8, 4) is 5.75 Å². The third kappa shape index (κ3) is 4.13. The van der Waals surface area contributed by atoms with Crippen molar-refractivity contribution < 1.29 is 18.7 Å². The minimum Gasteiger partial charge on any atom is -0.496 e. The van der Waals surface area contributed by atoms with Crippen LogP contribution in [0.4, 0.5) is 0 Å². The molecule has 5 nitrogen and oxygen atoms in total. The topological polar surface area (TPSA) is 51.9 Å². The lowest BCUT2D eigenvalue weighted by Gasteiger charge is -2.16. The molecule has 0 fully saturated rings. The molecule has 1 aromatic heterocycles. The average molecular weight is 317 g/mol. The Balaban J connectivity index is 2.03. The number of nitrogens with zero attached hydrogens (tertiary/aromatic N) is 1. The maximum absolute atomic E-state index is 11.6. The number of esters is 1. The summed E-state index contributed by atoms with van der Waals surface area (Å²) in [6.45, 7) is 5.19. The van der Waals surface area contributed by atoms with E-state index < -0.39 is 0 Å². The highest BCUT2D eigenvalue weighted by molar-refractivity contribution is 5.90. The van der Waals surface area contributed by atoms with E-state index >= 15 is 0 Å². The molecule has 1 heterocycles. The van der Waals surface area contributed by atoms with Gasteiger partial charge >= 0.3 is 5.97 Å². The van der Waals surface area contributed by atoms with Crippen LogP contribution in [0.25, 0.3) is 0 Å². The molecule has 0 N–H and O–H groups in total. The zero-order valence-corrected chi connectivity index (χ0v) is 14.3. The summed E-state index contributed by atoms with van der Waals surface area (Å²) in [6.07, 6.45) is 0. The second kappa shape index (κ2) is 7.33. The Bertz CT molecular complexity index is 690. The van der Waals surface area contributed by atoms with Gasteiger partial charge < -0.3 is 13.9 Å². The minimum atomic E-state index is -0.370. The van der Waals surface area contributed by atoms with Crippen LogP contribution < -0.4 is 4.74 Å². The van der Waals surface area contributed by atoms with E-state index in [1.807, 2.05) is 20.0 Å². The van der Waals surface area contributed by atoms with Gasteiger partial charge in [-0.1, -0.05) is 12.1 Å². The van der Waals surface area contributed by atoms with E-state index in [0.717, 1.165) is 23.6 Å². The number of methoxy groups -OCH3 is 2. The van der Waals surface area contributed by atoms with Crippen LogP contribution in [0.1, 0.15) is 33.0 Å². The number of hydrogen-bond acceptors (Lipinski definition) is 5. The maximum atomic E-state index is 11.6. The minimum absolute atomic E-state index is 0.370. The monoisotopic (exact) mass is 317 g/mol. The molecular weight excluding hydrogens is 294 g/mol. The maximum Gasteiger partial charge on any atom is 0.341 e. The highest BCUT2D eigenvalue weighted by Gasteiger charge is 2.16. The fraction of sp³-hybridized carbons (Fsp3) is 0.389. The quantitative estimate of drug-likeness (QED) is 0.765. The third-order valence-corrected chi connectivity index (χ3v) is 3.71. The lowest BCUT2D eigenvalue weighted by Crippen LogP contribution is -2.17. The summed E-state index contributed by atoms with van der Waals surface area (Å²) in [5.74, 6) is 1.85. The van der Waals surface area contributed by atoms with Crippen molar-refractivity contribution >= 4 is 5.97 Å². The molecule has 124 valence electrons. The largest absolute Gasteiger partial charge is 0.496 e. The van der Waals surface area contributed by atoms with E-state index in [2.05, 4.69) is 17.0 Å². The van der Waals surface area contributed by atoms with Crippen LogP contribution in [0, 0.1) is 13.8 Å². The first-order valence-electron chi connectivity index (χ1n) is 7.44. The lowest BCUT2D eigenvalue weighted by atomic mass is 10.1. The summed E-state index contributed by atoms with van der Waals surface area (Å²) in [4.78, 5) is 13.7. The first kappa shape index (κ1) is 17.1. The predicted molar refractivity (Wildman–Crippen MR) is 87.7 cm³/mol. The van der Waals surface area contributed by atoms with Crippen LogP contribution >= 0.6 is 0 Å². The summed E-state index contributed by atoms with van der Waals surface area (Å²) in [6, 6.07) is 7.89. The van der Waals surface area contributed by atoms with E-state index in [0.29, 0.717) is 17.9 Å². The molecule has 0 aliphatic carbocycles. The van der Waals surface area contributed by atoms with Crippen molar-refractivity contribution in [2.45, 2.75) is 26.9 Å². The van der Waals surface area contributed by atoms with Crippen LogP contribution in [0.2, 0.25) is 0 Å². The van der Waals surface area contributed by atoms with E-state index in [4.69, 9.17) is 13.9 Å². The molecule has 0 radical (unpaired) electrons.